The molecule has 0 radical (unpaired) electrons. The van der Waals surface area contributed by atoms with Gasteiger partial charge in [-0.15, -0.1) is 0 Å². The van der Waals surface area contributed by atoms with Gasteiger partial charge in [-0.1, -0.05) is 72.9 Å². The Hall–Kier alpha value is -1.91. The summed E-state index contributed by atoms with van der Waals surface area (Å²) in [6, 6.07) is 4.36. The van der Waals surface area contributed by atoms with Crippen molar-refractivity contribution in [3.63, 3.8) is 0 Å². The molecule has 2 aliphatic rings. The second-order valence-corrected chi connectivity index (χ2v) is 15.7. The van der Waals surface area contributed by atoms with Gasteiger partial charge in [0.05, 0.1) is 0 Å². The van der Waals surface area contributed by atoms with Crippen molar-refractivity contribution in [2.24, 2.45) is 23.7 Å². The first-order chi connectivity index (χ1) is 18.9. The Balaban J connectivity index is 1.89. The second-order valence-electron chi connectivity index (χ2n) is 13.2. The number of hydrogen-bond acceptors (Lipinski definition) is 3. The molecule has 0 fully saturated rings. The largest absolute Gasteiger partial charge is 0.871 e. The average Bonchev–Trinajstić information content (AvgIpc) is 2.89. The Kier molecular flexibility index (Phi) is 12.5. The molecule has 2 nitrogen and oxygen atoms in total. The van der Waals surface area contributed by atoms with Crippen LogP contribution in [0.15, 0.2) is 62.6 Å². The number of ketones is 1. The summed E-state index contributed by atoms with van der Waals surface area (Å²) >= 11 is 3.76. The number of carbonyl (C=O) groups is 1. The zero-order valence-electron chi connectivity index (χ0n) is 26.1. The van der Waals surface area contributed by atoms with Crippen LogP contribution in [0.25, 0.3) is 6.08 Å². The molecule has 0 aromatic carbocycles. The van der Waals surface area contributed by atoms with E-state index in [-0.39, 0.29) is 11.5 Å². The van der Waals surface area contributed by atoms with E-state index in [9.17, 15) is 9.90 Å². The topological polar surface area (TPSA) is 40.1 Å². The van der Waals surface area contributed by atoms with Gasteiger partial charge in [0.2, 0.25) is 21.1 Å². The van der Waals surface area contributed by atoms with Gasteiger partial charge in [0.15, 0.2) is 5.78 Å². The van der Waals surface area contributed by atoms with Crippen molar-refractivity contribution in [1.29, 1.82) is 0 Å². The van der Waals surface area contributed by atoms with Gasteiger partial charge < -0.3 is 5.11 Å². The highest BCUT2D eigenvalue weighted by molar-refractivity contribution is 8.06. The Morgan fingerprint density at radius 1 is 0.725 bits per heavy atom. The van der Waals surface area contributed by atoms with E-state index in [1.807, 2.05) is 35.3 Å². The van der Waals surface area contributed by atoms with E-state index in [4.69, 9.17) is 0 Å². The Labute approximate surface area is 252 Å². The van der Waals surface area contributed by atoms with E-state index < -0.39 is 0 Å². The maximum atomic E-state index is 13.2. The van der Waals surface area contributed by atoms with E-state index in [1.165, 1.54) is 19.6 Å². The summed E-state index contributed by atoms with van der Waals surface area (Å²) in [7, 11) is 0. The monoisotopic (exact) mass is 578 g/mol. The number of Topliss-reactive ketones (excluding diaryl/α,β-unsaturated/α-hetero) is 1. The Bertz CT molecular complexity index is 1140. The number of carbonyl (C=O) groups excluding carboxylic acids is 1. The molecule has 3 rings (SSSR count). The number of rotatable bonds is 14. The third-order valence-corrected chi connectivity index (χ3v) is 9.64. The molecule has 1 aromatic rings. The lowest BCUT2D eigenvalue weighted by Crippen LogP contribution is -2.29. The molecular formula is C36H50O2S2. The molecule has 0 saturated heterocycles. The zero-order valence-corrected chi connectivity index (χ0v) is 27.7. The van der Waals surface area contributed by atoms with E-state index in [1.54, 1.807) is 0 Å². The normalized spacial score (nSPS) is 16.9. The molecule has 0 N–H and O–H groups in total. The summed E-state index contributed by atoms with van der Waals surface area (Å²) in [6.45, 7) is 18.0. The fourth-order valence-corrected chi connectivity index (χ4v) is 7.03. The fraction of sp³-hybridized carbons (Fsp3) is 0.556. The molecule has 0 bridgehead atoms. The first kappa shape index (κ1) is 32.6. The maximum absolute atomic E-state index is 13.2. The highest BCUT2D eigenvalue weighted by Gasteiger charge is 2.27. The minimum absolute atomic E-state index is 0.120. The molecule has 40 heavy (non-hydrogen) atoms. The van der Waals surface area contributed by atoms with Crippen LogP contribution in [-0.2, 0) is 17.6 Å². The van der Waals surface area contributed by atoms with Gasteiger partial charge in [0.25, 0.3) is 0 Å². The first-order valence-electron chi connectivity index (χ1n) is 15.4. The fourth-order valence-electron chi connectivity index (χ4n) is 4.69. The lowest BCUT2D eigenvalue weighted by Gasteiger charge is -2.29. The minimum Gasteiger partial charge on any atom is -0.871 e. The molecule has 218 valence electrons. The summed E-state index contributed by atoms with van der Waals surface area (Å²) in [6.07, 6.45) is 16.7. The van der Waals surface area contributed by atoms with Crippen molar-refractivity contribution in [1.82, 2.24) is 0 Å². The molecule has 2 heterocycles. The van der Waals surface area contributed by atoms with Crippen LogP contribution in [0.5, 0.6) is 0 Å². The van der Waals surface area contributed by atoms with Crippen LogP contribution in [0, 0.1) is 23.7 Å². The predicted molar refractivity (Wildman–Crippen MR) is 175 cm³/mol. The van der Waals surface area contributed by atoms with Gasteiger partial charge in [-0.05, 0) is 107 Å². The maximum Gasteiger partial charge on any atom is 0.218 e. The molecule has 0 spiro atoms. The van der Waals surface area contributed by atoms with Gasteiger partial charge in [-0.3, -0.25) is 4.79 Å². The van der Waals surface area contributed by atoms with E-state index in [0.717, 1.165) is 62.5 Å². The SMILES string of the molecule is CC(C)CCC1=CC(=CC2=C([O-])C(=Cc3cc(CCC(C)C)[s+]c(CCC(C)C)c3)C2=O)C=C(CCC(C)C)S1. The van der Waals surface area contributed by atoms with Crippen LogP contribution < -0.4 is 5.11 Å². The van der Waals surface area contributed by atoms with Crippen molar-refractivity contribution < 1.29 is 9.90 Å². The van der Waals surface area contributed by atoms with E-state index in [0.29, 0.717) is 34.8 Å². The molecule has 1 aromatic heterocycles. The van der Waals surface area contributed by atoms with Crippen molar-refractivity contribution in [2.45, 2.75) is 107 Å². The average molecular weight is 579 g/mol. The quantitative estimate of drug-likeness (QED) is 0.163. The summed E-state index contributed by atoms with van der Waals surface area (Å²) in [5.74, 6) is 2.34. The van der Waals surface area contributed by atoms with Gasteiger partial charge in [-0.2, -0.15) is 0 Å². The number of thioether (sulfide) groups is 1. The Morgan fingerprint density at radius 2 is 1.18 bits per heavy atom. The molecule has 0 amide bonds. The van der Waals surface area contributed by atoms with E-state index >= 15 is 0 Å². The first-order valence-corrected chi connectivity index (χ1v) is 17.0. The smallest absolute Gasteiger partial charge is 0.218 e. The third-order valence-electron chi connectivity index (χ3n) is 7.31. The van der Waals surface area contributed by atoms with Gasteiger partial charge in [-0.25, -0.2) is 0 Å². The Morgan fingerprint density at radius 3 is 1.60 bits per heavy atom. The highest BCUT2D eigenvalue weighted by Crippen LogP contribution is 2.40. The third kappa shape index (κ3) is 10.2. The van der Waals surface area contributed by atoms with Gasteiger partial charge >= 0.3 is 0 Å². The van der Waals surface area contributed by atoms with Crippen LogP contribution in [0.2, 0.25) is 0 Å². The zero-order chi connectivity index (χ0) is 29.4. The van der Waals surface area contributed by atoms with Crippen LogP contribution in [-0.4, -0.2) is 5.78 Å². The minimum atomic E-state index is -0.120. The van der Waals surface area contributed by atoms with Crippen molar-refractivity contribution in [3.05, 3.63) is 78.0 Å². The molecule has 0 saturated carbocycles. The lowest BCUT2D eigenvalue weighted by atomic mass is 9.85. The van der Waals surface area contributed by atoms with Gasteiger partial charge in [0, 0.05) is 36.1 Å². The van der Waals surface area contributed by atoms with E-state index in [2.05, 4.69) is 79.7 Å². The summed E-state index contributed by atoms with van der Waals surface area (Å²) in [4.78, 5) is 18.6. The molecule has 4 heteroatoms. The number of aryl methyl sites for hydroxylation is 2. The van der Waals surface area contributed by atoms with Crippen molar-refractivity contribution in [2.75, 3.05) is 0 Å². The van der Waals surface area contributed by atoms with Crippen LogP contribution in [0.4, 0.5) is 0 Å². The molecular weight excluding hydrogens is 529 g/mol. The lowest BCUT2D eigenvalue weighted by molar-refractivity contribution is -0.300. The van der Waals surface area contributed by atoms with Crippen molar-refractivity contribution >= 4 is 35.0 Å². The van der Waals surface area contributed by atoms with Crippen molar-refractivity contribution in [3.8, 4) is 0 Å². The number of hydrogen-bond donors (Lipinski definition) is 0. The number of allylic oxidation sites excluding steroid dienone is 8. The summed E-state index contributed by atoms with van der Waals surface area (Å²) < 4.78 is 0. The summed E-state index contributed by atoms with van der Waals surface area (Å²) in [5, 5.41) is 13.2. The molecule has 1 aliphatic carbocycles. The van der Waals surface area contributed by atoms with Crippen LogP contribution in [0.3, 0.4) is 0 Å². The van der Waals surface area contributed by atoms with Crippen LogP contribution >= 0.6 is 23.1 Å². The highest BCUT2D eigenvalue weighted by atomic mass is 32.2. The molecule has 0 atom stereocenters. The standard InChI is InChI=1S/C36H50O2S2/c1-23(2)9-13-29-17-27(18-30(39-29)14-10-24(3)4)21-33-35(37)34(36(33)38)22-28-19-31(15-11-25(5)6)40-32(20-28)16-12-26(7)8/h17-26H,9-16H2,1-8H3. The molecule has 1 aliphatic heterocycles. The summed E-state index contributed by atoms with van der Waals surface area (Å²) in [5.41, 5.74) is 2.62. The second kappa shape index (κ2) is 15.4. The van der Waals surface area contributed by atoms with Crippen LogP contribution in [0.1, 0.15) is 109 Å². The van der Waals surface area contributed by atoms with Gasteiger partial charge in [0.1, 0.15) is 0 Å². The predicted octanol–water partition coefficient (Wildman–Crippen LogP) is 10.1. The molecule has 0 unspecified atom stereocenters.